The van der Waals surface area contributed by atoms with Gasteiger partial charge in [-0.1, -0.05) is 5.16 Å². The summed E-state index contributed by atoms with van der Waals surface area (Å²) in [5.41, 5.74) is 0.398. The van der Waals surface area contributed by atoms with Gasteiger partial charge in [-0.2, -0.15) is 15.0 Å². The van der Waals surface area contributed by atoms with Gasteiger partial charge in [0.25, 0.3) is 5.91 Å². The molecule has 1 amide bonds. The van der Waals surface area contributed by atoms with Gasteiger partial charge in [0.15, 0.2) is 5.82 Å². The Morgan fingerprint density at radius 1 is 1.28 bits per heavy atom. The minimum absolute atomic E-state index is 0.185. The highest BCUT2D eigenvalue weighted by Crippen LogP contribution is 2.14. The zero-order valence-corrected chi connectivity index (χ0v) is 14.5. The quantitative estimate of drug-likeness (QED) is 0.799. The number of nitrogens with one attached hydrogen (secondary N) is 1. The molecular formula is C15H21N7O3. The molecule has 10 nitrogen and oxygen atoms in total. The number of morpholine rings is 1. The lowest BCUT2D eigenvalue weighted by molar-refractivity contribution is 0.0948. The van der Waals surface area contributed by atoms with Crippen molar-refractivity contribution < 1.29 is 14.1 Å². The van der Waals surface area contributed by atoms with Crippen LogP contribution < -0.4 is 15.1 Å². The highest BCUT2D eigenvalue weighted by atomic mass is 16.5. The lowest BCUT2D eigenvalue weighted by Crippen LogP contribution is -2.38. The fraction of sp³-hybridized carbons (Fsp3) is 0.533. The Labute approximate surface area is 145 Å². The number of aryl methyl sites for hydroxylation is 1. The number of rotatable bonds is 5. The van der Waals surface area contributed by atoms with Crippen molar-refractivity contribution in [2.75, 3.05) is 50.2 Å². The zero-order valence-electron chi connectivity index (χ0n) is 14.5. The predicted octanol–water partition coefficient (Wildman–Crippen LogP) is 0.000620. The van der Waals surface area contributed by atoms with E-state index < -0.39 is 0 Å². The summed E-state index contributed by atoms with van der Waals surface area (Å²) in [7, 11) is 3.72. The molecule has 25 heavy (non-hydrogen) atoms. The molecule has 134 valence electrons. The molecule has 0 saturated carbocycles. The number of hydrogen-bond donors (Lipinski definition) is 1. The van der Waals surface area contributed by atoms with Crippen molar-refractivity contribution in [3.63, 3.8) is 0 Å². The molecule has 0 radical (unpaired) electrons. The van der Waals surface area contributed by atoms with E-state index in [4.69, 9.17) is 9.26 Å². The first-order chi connectivity index (χ1) is 12.0. The summed E-state index contributed by atoms with van der Waals surface area (Å²) >= 11 is 0. The topological polar surface area (TPSA) is 110 Å². The van der Waals surface area contributed by atoms with Crippen LogP contribution in [0.4, 0.5) is 11.9 Å². The molecule has 0 atom stereocenters. The van der Waals surface area contributed by atoms with Crippen molar-refractivity contribution >= 4 is 17.8 Å². The number of nitrogens with zero attached hydrogens (tertiary/aromatic N) is 6. The van der Waals surface area contributed by atoms with E-state index in [1.54, 1.807) is 11.8 Å². The molecule has 1 saturated heterocycles. The Morgan fingerprint density at radius 2 is 2.04 bits per heavy atom. The third-order valence-corrected chi connectivity index (χ3v) is 3.75. The van der Waals surface area contributed by atoms with Gasteiger partial charge in [0.2, 0.25) is 11.9 Å². The third-order valence-electron chi connectivity index (χ3n) is 3.75. The van der Waals surface area contributed by atoms with Crippen molar-refractivity contribution in [2.45, 2.75) is 13.5 Å². The van der Waals surface area contributed by atoms with Gasteiger partial charge < -0.3 is 24.4 Å². The number of carbonyl (C=O) groups is 1. The molecule has 0 aliphatic carbocycles. The molecule has 0 spiro atoms. The second kappa shape index (κ2) is 7.43. The largest absolute Gasteiger partial charge is 0.378 e. The lowest BCUT2D eigenvalue weighted by Gasteiger charge is -2.27. The number of carbonyl (C=O) groups excluding carboxylic acids is 1. The Balaban J connectivity index is 1.76. The van der Waals surface area contributed by atoms with Gasteiger partial charge in [0.1, 0.15) is 11.3 Å². The molecule has 1 fully saturated rings. The van der Waals surface area contributed by atoms with Crippen LogP contribution in [0.3, 0.4) is 0 Å². The summed E-state index contributed by atoms with van der Waals surface area (Å²) in [6.07, 6.45) is 1.39. The highest BCUT2D eigenvalue weighted by molar-refractivity contribution is 5.94. The molecule has 3 rings (SSSR count). The number of hydrogen-bond acceptors (Lipinski definition) is 9. The molecular weight excluding hydrogens is 326 g/mol. The minimum atomic E-state index is -0.279. The molecule has 10 heteroatoms. The second-order valence-electron chi connectivity index (χ2n) is 5.82. The smallest absolute Gasteiger partial charge is 0.256 e. The van der Waals surface area contributed by atoms with Crippen LogP contribution in [-0.2, 0) is 11.3 Å². The summed E-state index contributed by atoms with van der Waals surface area (Å²) < 4.78 is 10.3. The van der Waals surface area contributed by atoms with E-state index in [1.807, 2.05) is 19.0 Å². The Hall–Kier alpha value is -2.75. The molecule has 1 aliphatic heterocycles. The van der Waals surface area contributed by atoms with E-state index in [0.717, 1.165) is 13.1 Å². The van der Waals surface area contributed by atoms with Crippen molar-refractivity contribution in [2.24, 2.45) is 0 Å². The SMILES string of the molecule is Cc1oncc1C(=O)NCc1nc(N(C)C)nc(N2CCOCC2)n1. The molecule has 2 aromatic heterocycles. The maximum atomic E-state index is 12.2. The summed E-state index contributed by atoms with van der Waals surface area (Å²) in [6.45, 7) is 4.60. The van der Waals surface area contributed by atoms with Crippen molar-refractivity contribution in [1.29, 1.82) is 0 Å². The normalized spacial score (nSPS) is 14.4. The Morgan fingerprint density at radius 3 is 2.68 bits per heavy atom. The fourth-order valence-electron chi connectivity index (χ4n) is 2.35. The Bertz CT molecular complexity index is 740. The second-order valence-corrected chi connectivity index (χ2v) is 5.82. The zero-order chi connectivity index (χ0) is 17.8. The highest BCUT2D eigenvalue weighted by Gasteiger charge is 2.18. The van der Waals surface area contributed by atoms with Crippen LogP contribution in [0.15, 0.2) is 10.7 Å². The number of ether oxygens (including phenoxy) is 1. The molecule has 0 bridgehead atoms. The average molecular weight is 347 g/mol. The van der Waals surface area contributed by atoms with Gasteiger partial charge in [-0.3, -0.25) is 4.79 Å². The van der Waals surface area contributed by atoms with E-state index in [2.05, 4.69) is 25.4 Å². The van der Waals surface area contributed by atoms with E-state index >= 15 is 0 Å². The van der Waals surface area contributed by atoms with E-state index in [1.165, 1.54) is 6.20 Å². The van der Waals surface area contributed by atoms with Gasteiger partial charge in [-0.15, -0.1) is 0 Å². The molecule has 1 N–H and O–H groups in total. The fourth-order valence-corrected chi connectivity index (χ4v) is 2.35. The van der Waals surface area contributed by atoms with E-state index in [9.17, 15) is 4.79 Å². The molecule has 1 aliphatic rings. The predicted molar refractivity (Wildman–Crippen MR) is 89.6 cm³/mol. The minimum Gasteiger partial charge on any atom is -0.378 e. The van der Waals surface area contributed by atoms with Gasteiger partial charge in [-0.25, -0.2) is 0 Å². The van der Waals surface area contributed by atoms with E-state index in [-0.39, 0.29) is 12.5 Å². The number of aromatic nitrogens is 4. The first-order valence-corrected chi connectivity index (χ1v) is 7.99. The lowest BCUT2D eigenvalue weighted by atomic mass is 10.2. The molecule has 3 heterocycles. The number of anilines is 2. The third kappa shape index (κ3) is 4.02. The van der Waals surface area contributed by atoms with Crippen LogP contribution in [-0.4, -0.2) is 66.4 Å². The molecule has 0 unspecified atom stereocenters. The van der Waals surface area contributed by atoms with E-state index in [0.29, 0.717) is 42.3 Å². The van der Waals surface area contributed by atoms with Gasteiger partial charge in [0, 0.05) is 27.2 Å². The molecule has 2 aromatic rings. The number of amides is 1. The van der Waals surface area contributed by atoms with Crippen LogP contribution in [0, 0.1) is 6.92 Å². The first kappa shape index (κ1) is 17.1. The van der Waals surface area contributed by atoms with Crippen LogP contribution in [0.1, 0.15) is 21.9 Å². The van der Waals surface area contributed by atoms with Gasteiger partial charge >= 0.3 is 0 Å². The summed E-state index contributed by atoms with van der Waals surface area (Å²) in [5.74, 6) is 1.81. The van der Waals surface area contributed by atoms with Crippen LogP contribution >= 0.6 is 0 Å². The monoisotopic (exact) mass is 347 g/mol. The maximum Gasteiger partial charge on any atom is 0.256 e. The van der Waals surface area contributed by atoms with Gasteiger partial charge in [0.05, 0.1) is 26.0 Å². The van der Waals surface area contributed by atoms with Crippen molar-refractivity contribution in [3.05, 3.63) is 23.3 Å². The average Bonchev–Trinajstić information content (AvgIpc) is 3.06. The van der Waals surface area contributed by atoms with Crippen LogP contribution in [0.5, 0.6) is 0 Å². The van der Waals surface area contributed by atoms with Crippen molar-refractivity contribution in [1.82, 2.24) is 25.4 Å². The maximum absolute atomic E-state index is 12.2. The Kier molecular flexibility index (Phi) is 5.08. The molecule has 0 aromatic carbocycles. The van der Waals surface area contributed by atoms with Gasteiger partial charge in [-0.05, 0) is 6.92 Å². The summed E-state index contributed by atoms with van der Waals surface area (Å²) in [5, 5.41) is 6.39. The first-order valence-electron chi connectivity index (χ1n) is 7.99. The summed E-state index contributed by atoms with van der Waals surface area (Å²) in [4.78, 5) is 29.4. The van der Waals surface area contributed by atoms with Crippen LogP contribution in [0.2, 0.25) is 0 Å². The van der Waals surface area contributed by atoms with Crippen molar-refractivity contribution in [3.8, 4) is 0 Å². The summed E-state index contributed by atoms with van der Waals surface area (Å²) in [6, 6.07) is 0. The van der Waals surface area contributed by atoms with Crippen LogP contribution in [0.25, 0.3) is 0 Å². The standard InChI is InChI=1S/C15H21N7O3/c1-10-11(8-17-25-10)13(23)16-9-12-18-14(21(2)3)20-15(19-12)22-4-6-24-7-5-22/h8H,4-7,9H2,1-3H3,(H,16,23).